The normalized spacial score (nSPS) is 16.9. The highest BCUT2D eigenvalue weighted by atomic mass is 16.2. The second-order valence-corrected chi connectivity index (χ2v) is 5.16. The van der Waals surface area contributed by atoms with Crippen LogP contribution in [0.4, 0.5) is 0 Å². The molecule has 3 heteroatoms. The summed E-state index contributed by atoms with van der Waals surface area (Å²) in [5, 5.41) is 0. The molecular weight excluding hydrogens is 224 g/mol. The molecule has 18 heavy (non-hydrogen) atoms. The predicted octanol–water partition coefficient (Wildman–Crippen LogP) is 2.45. The van der Waals surface area contributed by atoms with E-state index in [1.165, 1.54) is 11.3 Å². The molecule has 1 amide bonds. The molecule has 0 aromatic carbocycles. The number of rotatable bonds is 3. The quantitative estimate of drug-likeness (QED) is 0.820. The molecule has 1 saturated heterocycles. The van der Waals surface area contributed by atoms with Crippen LogP contribution >= 0.6 is 0 Å². The van der Waals surface area contributed by atoms with Gasteiger partial charge in [-0.05, 0) is 49.3 Å². The Balaban J connectivity index is 1.89. The maximum atomic E-state index is 11.3. The van der Waals surface area contributed by atoms with Crippen LogP contribution in [0.2, 0.25) is 0 Å². The Hall–Kier alpha value is -1.38. The molecule has 0 N–H and O–H groups in total. The van der Waals surface area contributed by atoms with E-state index in [2.05, 4.69) is 24.0 Å². The molecule has 1 aliphatic heterocycles. The summed E-state index contributed by atoms with van der Waals surface area (Å²) in [6, 6.07) is 4.30. The van der Waals surface area contributed by atoms with E-state index in [0.29, 0.717) is 5.92 Å². The number of hydrogen-bond acceptors (Lipinski definition) is 2. The fourth-order valence-corrected chi connectivity index (χ4v) is 2.61. The van der Waals surface area contributed by atoms with E-state index in [-0.39, 0.29) is 5.91 Å². The van der Waals surface area contributed by atoms with Gasteiger partial charge in [-0.3, -0.25) is 9.78 Å². The first-order valence-corrected chi connectivity index (χ1v) is 6.88. The molecule has 0 spiro atoms. The van der Waals surface area contributed by atoms with Crippen molar-refractivity contribution in [1.29, 1.82) is 0 Å². The van der Waals surface area contributed by atoms with E-state index >= 15 is 0 Å². The number of likely N-dealkylation sites (tertiary alicyclic amines) is 1. The third-order valence-corrected chi connectivity index (χ3v) is 3.85. The van der Waals surface area contributed by atoms with Gasteiger partial charge in [-0.25, -0.2) is 0 Å². The summed E-state index contributed by atoms with van der Waals surface area (Å²) in [6.45, 7) is 5.65. The molecule has 1 aromatic rings. The van der Waals surface area contributed by atoms with Crippen LogP contribution < -0.4 is 0 Å². The topological polar surface area (TPSA) is 33.2 Å². The van der Waals surface area contributed by atoms with Crippen molar-refractivity contribution in [1.82, 2.24) is 9.88 Å². The van der Waals surface area contributed by atoms with Crippen molar-refractivity contribution in [3.63, 3.8) is 0 Å². The first kappa shape index (κ1) is 13.1. The van der Waals surface area contributed by atoms with Gasteiger partial charge in [0.25, 0.3) is 0 Å². The molecule has 3 nitrogen and oxygen atoms in total. The predicted molar refractivity (Wildman–Crippen MR) is 72.3 cm³/mol. The van der Waals surface area contributed by atoms with Crippen molar-refractivity contribution in [2.45, 2.75) is 39.5 Å². The molecule has 1 aromatic heterocycles. The molecule has 2 heterocycles. The van der Waals surface area contributed by atoms with Crippen LogP contribution in [0, 0.1) is 5.92 Å². The zero-order valence-corrected chi connectivity index (χ0v) is 11.4. The molecule has 0 bridgehead atoms. The van der Waals surface area contributed by atoms with Gasteiger partial charge in [0.1, 0.15) is 0 Å². The Morgan fingerprint density at radius 1 is 1.44 bits per heavy atom. The first-order valence-electron chi connectivity index (χ1n) is 6.88. The van der Waals surface area contributed by atoms with Gasteiger partial charge in [-0.15, -0.1) is 0 Å². The number of piperidine rings is 1. The maximum absolute atomic E-state index is 11.3. The lowest BCUT2D eigenvalue weighted by Gasteiger charge is -2.31. The van der Waals surface area contributed by atoms with E-state index in [4.69, 9.17) is 0 Å². The number of aryl methyl sites for hydroxylation is 1. The lowest BCUT2D eigenvalue weighted by Crippen LogP contribution is -2.37. The second kappa shape index (κ2) is 5.98. The fourth-order valence-electron chi connectivity index (χ4n) is 2.61. The van der Waals surface area contributed by atoms with Crippen molar-refractivity contribution in [2.24, 2.45) is 5.92 Å². The van der Waals surface area contributed by atoms with Crippen LogP contribution in [0.15, 0.2) is 18.3 Å². The molecule has 98 valence electrons. The maximum Gasteiger partial charge on any atom is 0.219 e. The molecule has 0 unspecified atom stereocenters. The van der Waals surface area contributed by atoms with Gasteiger partial charge in [0, 0.05) is 31.9 Å². The number of hydrogen-bond donors (Lipinski definition) is 0. The van der Waals surface area contributed by atoms with E-state index in [0.717, 1.165) is 38.8 Å². The summed E-state index contributed by atoms with van der Waals surface area (Å²) < 4.78 is 0. The number of carbonyl (C=O) groups excluding carboxylic acids is 1. The molecule has 1 fully saturated rings. The highest BCUT2D eigenvalue weighted by molar-refractivity contribution is 5.73. The Kier molecular flexibility index (Phi) is 4.34. The number of amides is 1. The molecule has 1 aliphatic rings. The van der Waals surface area contributed by atoms with Crippen LogP contribution in [-0.4, -0.2) is 28.9 Å². The summed E-state index contributed by atoms with van der Waals surface area (Å²) in [5.74, 6) is 0.889. The van der Waals surface area contributed by atoms with Crippen molar-refractivity contribution in [2.75, 3.05) is 13.1 Å². The minimum atomic E-state index is 0.208. The summed E-state index contributed by atoms with van der Waals surface area (Å²) in [6.07, 6.45) is 6.26. The summed E-state index contributed by atoms with van der Waals surface area (Å²) in [5.41, 5.74) is 2.57. The average Bonchev–Trinajstić information content (AvgIpc) is 2.39. The van der Waals surface area contributed by atoms with Crippen LogP contribution in [0.25, 0.3) is 0 Å². The number of carbonyl (C=O) groups is 1. The third kappa shape index (κ3) is 3.31. The minimum absolute atomic E-state index is 0.208. The van der Waals surface area contributed by atoms with Crippen molar-refractivity contribution >= 4 is 5.91 Å². The van der Waals surface area contributed by atoms with E-state index in [9.17, 15) is 4.79 Å². The Morgan fingerprint density at radius 3 is 2.78 bits per heavy atom. The summed E-state index contributed by atoms with van der Waals surface area (Å²) in [4.78, 5) is 17.7. The third-order valence-electron chi connectivity index (χ3n) is 3.85. The van der Waals surface area contributed by atoms with Gasteiger partial charge < -0.3 is 4.90 Å². The van der Waals surface area contributed by atoms with Crippen LogP contribution in [0.1, 0.15) is 37.9 Å². The lowest BCUT2D eigenvalue weighted by molar-refractivity contribution is -0.130. The van der Waals surface area contributed by atoms with Crippen LogP contribution in [0.5, 0.6) is 0 Å². The van der Waals surface area contributed by atoms with Crippen molar-refractivity contribution in [3.05, 3.63) is 29.6 Å². The van der Waals surface area contributed by atoms with Crippen LogP contribution in [-0.2, 0) is 17.6 Å². The molecule has 2 rings (SSSR count). The molecular formula is C15H22N2O. The molecule has 0 radical (unpaired) electrons. The van der Waals surface area contributed by atoms with E-state index in [1.807, 2.05) is 11.1 Å². The fraction of sp³-hybridized carbons (Fsp3) is 0.600. The van der Waals surface area contributed by atoms with Crippen LogP contribution in [0.3, 0.4) is 0 Å². The smallest absolute Gasteiger partial charge is 0.219 e. The van der Waals surface area contributed by atoms with Crippen molar-refractivity contribution < 1.29 is 4.79 Å². The van der Waals surface area contributed by atoms with Crippen molar-refractivity contribution in [3.8, 4) is 0 Å². The minimum Gasteiger partial charge on any atom is -0.343 e. The van der Waals surface area contributed by atoms with Gasteiger partial charge >= 0.3 is 0 Å². The van der Waals surface area contributed by atoms with Gasteiger partial charge in [0.2, 0.25) is 5.91 Å². The SMILES string of the molecule is CCc1ccnc(CC2CCN(C(C)=O)CC2)c1. The molecule has 0 atom stereocenters. The zero-order valence-electron chi connectivity index (χ0n) is 11.4. The lowest BCUT2D eigenvalue weighted by atomic mass is 9.91. The largest absolute Gasteiger partial charge is 0.343 e. The number of nitrogens with zero attached hydrogens (tertiary/aromatic N) is 2. The molecule has 0 saturated carbocycles. The zero-order chi connectivity index (χ0) is 13.0. The summed E-state index contributed by atoms with van der Waals surface area (Å²) >= 11 is 0. The number of pyridine rings is 1. The van der Waals surface area contributed by atoms with E-state index in [1.54, 1.807) is 6.92 Å². The number of aromatic nitrogens is 1. The van der Waals surface area contributed by atoms with Gasteiger partial charge in [0.15, 0.2) is 0 Å². The van der Waals surface area contributed by atoms with E-state index < -0.39 is 0 Å². The Morgan fingerprint density at radius 2 is 2.17 bits per heavy atom. The monoisotopic (exact) mass is 246 g/mol. The Labute approximate surface area is 109 Å². The first-order chi connectivity index (χ1) is 8.69. The van der Waals surface area contributed by atoms with Gasteiger partial charge in [0.05, 0.1) is 0 Å². The Bertz CT molecular complexity index is 409. The highest BCUT2D eigenvalue weighted by Crippen LogP contribution is 2.21. The highest BCUT2D eigenvalue weighted by Gasteiger charge is 2.21. The second-order valence-electron chi connectivity index (χ2n) is 5.16. The summed E-state index contributed by atoms with van der Waals surface area (Å²) in [7, 11) is 0. The average molecular weight is 246 g/mol. The van der Waals surface area contributed by atoms with Gasteiger partial charge in [-0.1, -0.05) is 6.92 Å². The molecule has 0 aliphatic carbocycles. The van der Waals surface area contributed by atoms with Gasteiger partial charge in [-0.2, -0.15) is 0 Å². The standard InChI is InChI=1S/C15H22N2O/c1-3-13-4-7-16-15(10-13)11-14-5-8-17(9-6-14)12(2)18/h4,7,10,14H,3,5-6,8-9,11H2,1-2H3.